The molecule has 25 heavy (non-hydrogen) atoms. The molecule has 0 spiro atoms. The Hall–Kier alpha value is -3.07. The van der Waals surface area contributed by atoms with Gasteiger partial charge in [-0.15, -0.1) is 0 Å². The molecule has 2 aromatic carbocycles. The Kier molecular flexibility index (Phi) is 5.60. The van der Waals surface area contributed by atoms with E-state index in [9.17, 15) is 28.5 Å². The normalized spacial score (nSPS) is 10.2. The van der Waals surface area contributed by atoms with Crippen molar-refractivity contribution in [3.63, 3.8) is 0 Å². The summed E-state index contributed by atoms with van der Waals surface area (Å²) in [5.74, 6) is -3.98. The van der Waals surface area contributed by atoms with Gasteiger partial charge in [-0.2, -0.15) is 0 Å². The Balaban J connectivity index is 1.96. The van der Waals surface area contributed by atoms with Crippen molar-refractivity contribution in [3.8, 4) is 0 Å². The zero-order valence-corrected chi connectivity index (χ0v) is 13.0. The first-order chi connectivity index (χ1) is 11.8. The molecule has 0 saturated heterocycles. The molecule has 2 aromatic rings. The number of hydrogen-bond acceptors (Lipinski definition) is 5. The van der Waals surface area contributed by atoms with Gasteiger partial charge in [0.05, 0.1) is 15.5 Å². The van der Waals surface area contributed by atoms with Crippen LogP contribution in [0.3, 0.4) is 0 Å². The lowest BCUT2D eigenvalue weighted by Crippen LogP contribution is -2.21. The number of nitro benzene ring substituents is 1. The molecule has 7 nitrogen and oxygen atoms in total. The molecule has 0 heterocycles. The number of benzene rings is 2. The van der Waals surface area contributed by atoms with Gasteiger partial charge in [-0.05, 0) is 18.2 Å². The van der Waals surface area contributed by atoms with Crippen molar-refractivity contribution in [1.29, 1.82) is 0 Å². The minimum Gasteiger partial charge on any atom is -0.452 e. The molecular weight excluding hydrogens is 362 g/mol. The summed E-state index contributed by atoms with van der Waals surface area (Å²) in [5.41, 5.74) is -0.487. The Bertz CT molecular complexity index is 860. The monoisotopic (exact) mass is 370 g/mol. The molecule has 0 bridgehead atoms. The average Bonchev–Trinajstić information content (AvgIpc) is 2.56. The Morgan fingerprint density at radius 2 is 1.88 bits per heavy atom. The van der Waals surface area contributed by atoms with Crippen LogP contribution in [0.4, 0.5) is 20.2 Å². The molecule has 0 aliphatic heterocycles. The molecule has 0 aromatic heterocycles. The van der Waals surface area contributed by atoms with Crippen LogP contribution in [0.25, 0.3) is 0 Å². The first kappa shape index (κ1) is 18.3. The zero-order valence-electron chi connectivity index (χ0n) is 12.3. The molecule has 0 aliphatic rings. The van der Waals surface area contributed by atoms with Crippen LogP contribution in [0.2, 0.25) is 5.02 Å². The third-order valence-corrected chi connectivity index (χ3v) is 3.23. The molecule has 0 saturated carbocycles. The lowest BCUT2D eigenvalue weighted by molar-refractivity contribution is -0.384. The largest absolute Gasteiger partial charge is 0.452 e. The Morgan fingerprint density at radius 1 is 1.16 bits per heavy atom. The standard InChI is InChI=1S/C15H9ClF2N2O5/c16-11-6-9(20(23)24)2-3-10(11)15(22)25-7-14(21)19-8-1-4-12(17)13(18)5-8/h1-6H,7H2,(H,19,21). The summed E-state index contributed by atoms with van der Waals surface area (Å²) in [6.07, 6.45) is 0. The van der Waals surface area contributed by atoms with E-state index in [0.29, 0.717) is 0 Å². The number of non-ortho nitro benzene ring substituents is 1. The van der Waals surface area contributed by atoms with Crippen LogP contribution in [0.1, 0.15) is 10.4 Å². The van der Waals surface area contributed by atoms with Crippen molar-refractivity contribution >= 4 is 34.9 Å². The van der Waals surface area contributed by atoms with Crippen LogP contribution in [-0.4, -0.2) is 23.4 Å². The quantitative estimate of drug-likeness (QED) is 0.494. The zero-order chi connectivity index (χ0) is 18.6. The van der Waals surface area contributed by atoms with E-state index in [0.717, 1.165) is 36.4 Å². The third-order valence-electron chi connectivity index (χ3n) is 2.92. The summed E-state index contributed by atoms with van der Waals surface area (Å²) in [4.78, 5) is 33.4. The number of carbonyl (C=O) groups is 2. The number of ether oxygens (including phenoxy) is 1. The fraction of sp³-hybridized carbons (Fsp3) is 0.0667. The minimum atomic E-state index is -1.15. The van der Waals surface area contributed by atoms with Crippen LogP contribution < -0.4 is 5.32 Å². The highest BCUT2D eigenvalue weighted by Crippen LogP contribution is 2.23. The molecular formula is C15H9ClF2N2O5. The topological polar surface area (TPSA) is 98.5 Å². The SMILES string of the molecule is O=C(COC(=O)c1ccc([N+](=O)[O-])cc1Cl)Nc1ccc(F)c(F)c1. The number of nitro groups is 1. The van der Waals surface area contributed by atoms with E-state index in [1.54, 1.807) is 0 Å². The molecule has 0 aliphatic carbocycles. The van der Waals surface area contributed by atoms with Gasteiger partial charge in [-0.25, -0.2) is 13.6 Å². The van der Waals surface area contributed by atoms with E-state index in [1.807, 2.05) is 0 Å². The van der Waals surface area contributed by atoms with Gasteiger partial charge in [-0.1, -0.05) is 11.6 Å². The van der Waals surface area contributed by atoms with Crippen LogP contribution in [0, 0.1) is 21.7 Å². The van der Waals surface area contributed by atoms with Crippen molar-refractivity contribution in [2.75, 3.05) is 11.9 Å². The number of halogens is 3. The molecule has 2 rings (SSSR count). The molecule has 1 amide bonds. The van der Waals surface area contributed by atoms with E-state index in [1.165, 1.54) is 0 Å². The number of anilines is 1. The van der Waals surface area contributed by atoms with Crippen LogP contribution >= 0.6 is 11.6 Å². The second-order valence-electron chi connectivity index (χ2n) is 4.67. The highest BCUT2D eigenvalue weighted by Gasteiger charge is 2.17. The van der Waals surface area contributed by atoms with Crippen molar-refractivity contribution in [2.45, 2.75) is 0 Å². The lowest BCUT2D eigenvalue weighted by atomic mass is 10.2. The number of amides is 1. The van der Waals surface area contributed by atoms with E-state index >= 15 is 0 Å². The number of esters is 1. The number of hydrogen-bond donors (Lipinski definition) is 1. The summed E-state index contributed by atoms with van der Waals surface area (Å²) < 4.78 is 30.5. The van der Waals surface area contributed by atoms with Crippen LogP contribution in [0.5, 0.6) is 0 Å². The highest BCUT2D eigenvalue weighted by molar-refractivity contribution is 6.33. The predicted molar refractivity (Wildman–Crippen MR) is 83.4 cm³/mol. The lowest BCUT2D eigenvalue weighted by Gasteiger charge is -2.08. The average molecular weight is 371 g/mol. The maximum absolute atomic E-state index is 13.0. The van der Waals surface area contributed by atoms with Crippen molar-refractivity contribution in [3.05, 3.63) is 68.7 Å². The van der Waals surface area contributed by atoms with Crippen LogP contribution in [-0.2, 0) is 9.53 Å². The molecule has 1 N–H and O–H groups in total. The van der Waals surface area contributed by atoms with Gasteiger partial charge in [0.2, 0.25) is 0 Å². The molecule has 130 valence electrons. The Labute approximate surface area is 144 Å². The summed E-state index contributed by atoms with van der Waals surface area (Å²) in [7, 11) is 0. The van der Waals surface area contributed by atoms with Gasteiger partial charge >= 0.3 is 5.97 Å². The molecule has 0 radical (unpaired) electrons. The highest BCUT2D eigenvalue weighted by atomic mass is 35.5. The smallest absolute Gasteiger partial charge is 0.340 e. The number of rotatable bonds is 5. The fourth-order valence-electron chi connectivity index (χ4n) is 1.76. The van der Waals surface area contributed by atoms with E-state index in [4.69, 9.17) is 16.3 Å². The number of nitrogens with one attached hydrogen (secondary N) is 1. The maximum atomic E-state index is 13.0. The first-order valence-electron chi connectivity index (χ1n) is 6.64. The number of carbonyl (C=O) groups excluding carboxylic acids is 2. The van der Waals surface area contributed by atoms with Crippen molar-refractivity contribution in [2.24, 2.45) is 0 Å². The van der Waals surface area contributed by atoms with Gasteiger partial charge in [0.15, 0.2) is 18.2 Å². The van der Waals surface area contributed by atoms with Gasteiger partial charge in [0.25, 0.3) is 11.6 Å². The number of nitrogens with zero attached hydrogens (tertiary/aromatic N) is 1. The van der Waals surface area contributed by atoms with Crippen molar-refractivity contribution in [1.82, 2.24) is 0 Å². The van der Waals surface area contributed by atoms with E-state index in [-0.39, 0.29) is 22.0 Å². The van der Waals surface area contributed by atoms with Crippen LogP contribution in [0.15, 0.2) is 36.4 Å². The molecule has 0 fully saturated rings. The second-order valence-corrected chi connectivity index (χ2v) is 5.08. The van der Waals surface area contributed by atoms with Gasteiger partial charge in [-0.3, -0.25) is 14.9 Å². The first-order valence-corrected chi connectivity index (χ1v) is 7.01. The molecule has 10 heteroatoms. The fourth-order valence-corrected chi connectivity index (χ4v) is 2.01. The minimum absolute atomic E-state index is 0.0201. The third kappa shape index (κ3) is 4.70. The van der Waals surface area contributed by atoms with E-state index < -0.39 is 35.0 Å². The Morgan fingerprint density at radius 3 is 2.48 bits per heavy atom. The molecule has 0 atom stereocenters. The van der Waals surface area contributed by atoms with Gasteiger partial charge in [0, 0.05) is 23.9 Å². The van der Waals surface area contributed by atoms with Crippen molar-refractivity contribution < 1.29 is 28.0 Å². The second kappa shape index (κ2) is 7.67. The summed E-state index contributed by atoms with van der Waals surface area (Å²) in [5, 5.41) is 12.6. The summed E-state index contributed by atoms with van der Waals surface area (Å²) in [6.45, 7) is -0.717. The summed E-state index contributed by atoms with van der Waals surface area (Å²) >= 11 is 5.76. The van der Waals surface area contributed by atoms with E-state index in [2.05, 4.69) is 5.32 Å². The predicted octanol–water partition coefficient (Wildman–Crippen LogP) is 3.32. The van der Waals surface area contributed by atoms with Gasteiger partial charge < -0.3 is 10.1 Å². The summed E-state index contributed by atoms with van der Waals surface area (Å²) in [6, 6.07) is 5.85. The maximum Gasteiger partial charge on any atom is 0.340 e. The molecule has 0 unspecified atom stereocenters. The van der Waals surface area contributed by atoms with Gasteiger partial charge in [0.1, 0.15) is 0 Å².